The summed E-state index contributed by atoms with van der Waals surface area (Å²) in [6.07, 6.45) is 2.79. The molecule has 1 unspecified atom stereocenters. The van der Waals surface area contributed by atoms with Crippen LogP contribution in [0, 0.1) is 0 Å². The summed E-state index contributed by atoms with van der Waals surface area (Å²) in [6, 6.07) is 0. The van der Waals surface area contributed by atoms with Crippen LogP contribution in [0.3, 0.4) is 0 Å². The van der Waals surface area contributed by atoms with Crippen molar-refractivity contribution >= 4 is 19.2 Å². The molecule has 0 aliphatic carbocycles. The van der Waals surface area contributed by atoms with Crippen LogP contribution in [-0.2, 0) is 9.53 Å². The lowest BCUT2D eigenvalue weighted by molar-refractivity contribution is -0.861. The molecule has 0 bridgehead atoms. The molecule has 5 nitrogen and oxygen atoms in total. The molecule has 0 radical (unpaired) electrons. The molecule has 0 aromatic carbocycles. The number of unbranched alkanes of at least 4 members (excludes halogenated alkanes) is 2. The van der Waals surface area contributed by atoms with Gasteiger partial charge in [0.05, 0.1) is 35.5 Å². The van der Waals surface area contributed by atoms with Crippen LogP contribution in [0.1, 0.15) is 26.2 Å². The van der Waals surface area contributed by atoms with Gasteiger partial charge in [-0.15, -0.1) is 0 Å². The highest BCUT2D eigenvalue weighted by atomic mass is 31.1. The van der Waals surface area contributed by atoms with Crippen LogP contribution in [0.2, 0.25) is 0 Å². The number of rotatable bonds is 9. The van der Waals surface area contributed by atoms with E-state index in [1.807, 2.05) is 21.1 Å². The van der Waals surface area contributed by atoms with Gasteiger partial charge in [0.1, 0.15) is 6.16 Å². The molecule has 0 aliphatic rings. The van der Waals surface area contributed by atoms with Crippen molar-refractivity contribution in [2.75, 3.05) is 40.5 Å². The van der Waals surface area contributed by atoms with Gasteiger partial charge in [-0.3, -0.25) is 0 Å². The third-order valence-corrected chi connectivity index (χ3v) is 3.93. The van der Waals surface area contributed by atoms with E-state index in [2.05, 4.69) is 6.58 Å². The lowest BCUT2D eigenvalue weighted by Crippen LogP contribution is -2.39. The zero-order valence-corrected chi connectivity index (χ0v) is 13.9. The van der Waals surface area contributed by atoms with Crippen molar-refractivity contribution in [1.29, 1.82) is 0 Å². The Hall–Kier alpha value is -0.740. The average molecular weight is 304 g/mol. The smallest absolute Gasteiger partial charge is 0.333 e. The predicted molar refractivity (Wildman–Crippen MR) is 81.3 cm³/mol. The van der Waals surface area contributed by atoms with E-state index in [4.69, 9.17) is 4.74 Å². The fourth-order valence-electron chi connectivity index (χ4n) is 1.45. The number of esters is 1. The number of aliphatic hydroxyl groups is 1. The molecule has 0 saturated heterocycles. The van der Waals surface area contributed by atoms with E-state index in [-0.39, 0.29) is 11.4 Å². The molecule has 0 fully saturated rings. The Morgan fingerprint density at radius 3 is 2.40 bits per heavy atom. The third kappa shape index (κ3) is 10.1. The number of quaternary nitrogens is 1. The van der Waals surface area contributed by atoms with Gasteiger partial charge in [-0.1, -0.05) is 6.58 Å². The fourth-order valence-corrected chi connectivity index (χ4v) is 2.81. The number of likely N-dealkylation sites (N-methyl/N-ethyl adjacent to an activating group) is 1. The van der Waals surface area contributed by atoms with Gasteiger partial charge in [-0.2, -0.15) is 0 Å². The highest BCUT2D eigenvalue weighted by Crippen LogP contribution is 2.17. The molecule has 0 heterocycles. The van der Waals surface area contributed by atoms with Crippen molar-refractivity contribution in [3.63, 3.8) is 0 Å². The molecule has 0 aliphatic heterocycles. The van der Waals surface area contributed by atoms with E-state index in [0.717, 1.165) is 19.3 Å². The molecule has 0 saturated carbocycles. The largest absolute Gasteiger partial charge is 0.629 e. The maximum absolute atomic E-state index is 11.8. The number of carbonyl (C=O) groups excluding carboxylic acids is 1. The van der Waals surface area contributed by atoms with E-state index >= 15 is 0 Å². The topological polar surface area (TPSA) is 69.6 Å². The van der Waals surface area contributed by atoms with Gasteiger partial charge in [-0.25, -0.2) is 4.79 Å². The van der Waals surface area contributed by atoms with Gasteiger partial charge in [0, 0.05) is 5.57 Å². The molecule has 1 N–H and O–H groups in total. The summed E-state index contributed by atoms with van der Waals surface area (Å²) in [5, 5.41) is 9.73. The Balaban J connectivity index is 3.82. The summed E-state index contributed by atoms with van der Waals surface area (Å²) >= 11 is 0. The maximum Gasteiger partial charge on any atom is 0.333 e. The summed E-state index contributed by atoms with van der Waals surface area (Å²) in [6.45, 7) is 5.87. The van der Waals surface area contributed by atoms with E-state index in [9.17, 15) is 14.8 Å². The molecular weight excluding hydrogens is 277 g/mol. The molecule has 0 aromatic heterocycles. The van der Waals surface area contributed by atoms with Crippen molar-refractivity contribution in [2.24, 2.45) is 0 Å². The Kier molecular flexibility index (Phi) is 8.90. The number of hydrogen-bond acceptors (Lipinski definition) is 3. The van der Waals surface area contributed by atoms with E-state index in [1.54, 1.807) is 6.92 Å². The second-order valence-corrected chi connectivity index (χ2v) is 7.66. The summed E-state index contributed by atoms with van der Waals surface area (Å²) < 4.78 is 5.51. The zero-order chi connectivity index (χ0) is 15.8. The highest BCUT2D eigenvalue weighted by molar-refractivity contribution is 7.51. The van der Waals surface area contributed by atoms with Gasteiger partial charge in [0.25, 0.3) is 5.48 Å². The lowest BCUT2D eigenvalue weighted by Gasteiger charge is -2.22. The van der Waals surface area contributed by atoms with Gasteiger partial charge >= 0.3 is 5.97 Å². The second-order valence-electron chi connectivity index (χ2n) is 5.94. The molecule has 1 atom stereocenters. The third-order valence-electron chi connectivity index (χ3n) is 2.49. The van der Waals surface area contributed by atoms with Crippen molar-refractivity contribution in [1.82, 2.24) is 0 Å². The number of aliphatic hydroxyl groups excluding tert-OH is 1. The van der Waals surface area contributed by atoms with Crippen LogP contribution >= 0.6 is 7.77 Å². The quantitative estimate of drug-likeness (QED) is 0.229. The Morgan fingerprint density at radius 2 is 1.90 bits per heavy atom. The Morgan fingerprint density at radius 1 is 1.30 bits per heavy atom. The van der Waals surface area contributed by atoms with E-state index < -0.39 is 7.77 Å². The van der Waals surface area contributed by atoms with Crippen molar-refractivity contribution < 1.29 is 24.0 Å². The molecule has 20 heavy (non-hydrogen) atoms. The van der Waals surface area contributed by atoms with Crippen molar-refractivity contribution in [3.05, 3.63) is 12.2 Å². The van der Waals surface area contributed by atoms with Crippen molar-refractivity contribution in [3.8, 4) is 0 Å². The number of hydrogen-bond donors (Lipinski definition) is 1. The van der Waals surface area contributed by atoms with Crippen LogP contribution in [0.4, 0.5) is 0 Å². The first-order valence-corrected chi connectivity index (χ1v) is 8.20. The summed E-state index contributed by atoms with van der Waals surface area (Å²) in [4.78, 5) is 22.9. The predicted octanol–water partition coefficient (Wildman–Crippen LogP) is 1.24. The maximum atomic E-state index is 11.8. The Bertz CT molecular complexity index is 372. The lowest BCUT2D eigenvalue weighted by atomic mass is 10.3. The monoisotopic (exact) mass is 304 g/mol. The van der Waals surface area contributed by atoms with Gasteiger partial charge in [-0.05, 0) is 26.2 Å². The summed E-state index contributed by atoms with van der Waals surface area (Å²) in [5.41, 5.74) is 0.481. The first kappa shape index (κ1) is 19.3. The minimum absolute atomic E-state index is 0.0845. The molecule has 0 rings (SSSR count). The highest BCUT2D eigenvalue weighted by Gasteiger charge is 2.16. The van der Waals surface area contributed by atoms with Crippen molar-refractivity contribution in [2.45, 2.75) is 26.2 Å². The average Bonchev–Trinajstić information content (AvgIpc) is 2.30. The number of nitrogens with zero attached hydrogens (tertiary/aromatic N) is 1. The zero-order valence-electron chi connectivity index (χ0n) is 13.0. The van der Waals surface area contributed by atoms with Crippen LogP contribution in [0.5, 0.6) is 0 Å². The minimum atomic E-state index is -1.66. The van der Waals surface area contributed by atoms with Crippen LogP contribution in [-0.4, -0.2) is 61.5 Å². The van der Waals surface area contributed by atoms with Gasteiger partial charge < -0.3 is 19.2 Å². The molecular formula is C14H27NO4P+. The summed E-state index contributed by atoms with van der Waals surface area (Å²) in [7, 11) is 4.15. The standard InChI is InChI=1S/C14H26NO4P/c1-12(2)14(17)19-9-7-6-8-10-20(18)13(16)11-15(3,4)5/h1,6-11H2,2-5H3/p+1. The van der Waals surface area contributed by atoms with Gasteiger partial charge in [0.2, 0.25) is 0 Å². The van der Waals surface area contributed by atoms with Crippen LogP contribution in [0.25, 0.3) is 0 Å². The molecule has 0 aromatic rings. The summed E-state index contributed by atoms with van der Waals surface area (Å²) in [5.74, 6) is -0.370. The SMILES string of the molecule is C=C(C)C(=O)OCCCCC/[P+]([O-])=C(\O)C[N+](C)(C)C. The molecule has 0 amide bonds. The molecule has 116 valence electrons. The first-order valence-electron chi connectivity index (χ1n) is 6.76. The minimum Gasteiger partial charge on any atom is -0.629 e. The number of ether oxygens (including phenoxy) is 1. The van der Waals surface area contributed by atoms with E-state index in [0.29, 0.717) is 29.4 Å². The molecule has 0 spiro atoms. The van der Waals surface area contributed by atoms with Crippen LogP contribution in [0.15, 0.2) is 12.2 Å². The fraction of sp³-hybridized carbons (Fsp3) is 0.714. The number of carbonyl (C=O) groups is 1. The Labute approximate surface area is 122 Å². The first-order chi connectivity index (χ1) is 9.13. The molecule has 6 heteroatoms. The normalized spacial score (nSPS) is 12.9. The van der Waals surface area contributed by atoms with Crippen LogP contribution < -0.4 is 4.89 Å². The van der Waals surface area contributed by atoms with E-state index in [1.165, 1.54) is 0 Å². The van der Waals surface area contributed by atoms with Gasteiger partial charge in [0.15, 0.2) is 6.54 Å². The second kappa shape index (κ2) is 9.24.